The number of primary amides is 1. The van der Waals surface area contributed by atoms with Gasteiger partial charge in [-0.15, -0.1) is 0 Å². The number of amides is 2. The molecule has 7 nitrogen and oxygen atoms in total. The van der Waals surface area contributed by atoms with Gasteiger partial charge < -0.3 is 20.4 Å². The maximum Gasteiger partial charge on any atom is 0.257 e. The van der Waals surface area contributed by atoms with Gasteiger partial charge in [0.25, 0.3) is 11.8 Å². The summed E-state index contributed by atoms with van der Waals surface area (Å²) in [7, 11) is 1.56. The molecular weight excluding hydrogens is 310 g/mol. The highest BCUT2D eigenvalue weighted by molar-refractivity contribution is 6.05. The molecule has 0 unspecified atom stereocenters. The zero-order valence-electron chi connectivity index (χ0n) is 13.7. The maximum absolute atomic E-state index is 12.2. The molecule has 126 valence electrons. The van der Waals surface area contributed by atoms with E-state index in [-0.39, 0.29) is 17.2 Å². The van der Waals surface area contributed by atoms with Crippen LogP contribution < -0.4 is 21.3 Å². The number of nitrogens with two attached hydrogens (primary N) is 1. The van der Waals surface area contributed by atoms with Gasteiger partial charge in [0.15, 0.2) is 0 Å². The van der Waals surface area contributed by atoms with E-state index in [0.717, 1.165) is 0 Å². The van der Waals surface area contributed by atoms with Crippen molar-refractivity contribution in [1.82, 2.24) is 4.57 Å². The minimum absolute atomic E-state index is 0.117. The van der Waals surface area contributed by atoms with Crippen LogP contribution in [0.2, 0.25) is 0 Å². The first kappa shape index (κ1) is 17.3. The van der Waals surface area contributed by atoms with Crippen LogP contribution in [0, 0.1) is 0 Å². The SMILES string of the molecule is CC(C)Oc1ccc(NC(=O)c2ccc(=O)n(C)c2)cc1C(N)=O. The first-order valence-corrected chi connectivity index (χ1v) is 7.36. The van der Waals surface area contributed by atoms with Crippen molar-refractivity contribution in [2.75, 3.05) is 5.32 Å². The largest absolute Gasteiger partial charge is 0.490 e. The smallest absolute Gasteiger partial charge is 0.257 e. The Labute approximate surface area is 139 Å². The Morgan fingerprint density at radius 2 is 1.92 bits per heavy atom. The van der Waals surface area contributed by atoms with Gasteiger partial charge >= 0.3 is 0 Å². The van der Waals surface area contributed by atoms with Gasteiger partial charge in [-0.2, -0.15) is 0 Å². The molecule has 0 aliphatic carbocycles. The van der Waals surface area contributed by atoms with Crippen molar-refractivity contribution in [3.8, 4) is 5.75 Å². The van der Waals surface area contributed by atoms with Crippen LogP contribution in [0.1, 0.15) is 34.6 Å². The summed E-state index contributed by atoms with van der Waals surface area (Å²) in [5, 5.41) is 2.66. The van der Waals surface area contributed by atoms with E-state index in [0.29, 0.717) is 17.0 Å². The lowest BCUT2D eigenvalue weighted by Crippen LogP contribution is -2.20. The Morgan fingerprint density at radius 3 is 2.50 bits per heavy atom. The summed E-state index contributed by atoms with van der Waals surface area (Å²) in [6, 6.07) is 7.40. The van der Waals surface area contributed by atoms with Crippen LogP contribution >= 0.6 is 0 Å². The number of rotatable bonds is 5. The molecule has 0 atom stereocenters. The van der Waals surface area contributed by atoms with Gasteiger partial charge in [0.05, 0.1) is 17.2 Å². The summed E-state index contributed by atoms with van der Waals surface area (Å²) in [5.41, 5.74) is 6.06. The van der Waals surface area contributed by atoms with Gasteiger partial charge in [-0.05, 0) is 38.1 Å². The third-order valence-electron chi connectivity index (χ3n) is 3.21. The maximum atomic E-state index is 12.2. The van der Waals surface area contributed by atoms with E-state index >= 15 is 0 Å². The van der Waals surface area contributed by atoms with Crippen molar-refractivity contribution in [2.45, 2.75) is 20.0 Å². The summed E-state index contributed by atoms with van der Waals surface area (Å²) >= 11 is 0. The molecule has 0 radical (unpaired) electrons. The highest BCUT2D eigenvalue weighted by Gasteiger charge is 2.14. The predicted octanol–water partition coefficient (Wildman–Crippen LogP) is 1.52. The van der Waals surface area contributed by atoms with E-state index in [1.807, 2.05) is 13.8 Å². The molecule has 0 spiro atoms. The number of aromatic nitrogens is 1. The first-order chi connectivity index (χ1) is 11.3. The van der Waals surface area contributed by atoms with Crippen molar-refractivity contribution in [1.29, 1.82) is 0 Å². The van der Waals surface area contributed by atoms with Gasteiger partial charge in [0.2, 0.25) is 5.56 Å². The lowest BCUT2D eigenvalue weighted by atomic mass is 10.1. The molecule has 2 aromatic rings. The third kappa shape index (κ3) is 4.01. The fourth-order valence-electron chi connectivity index (χ4n) is 2.09. The van der Waals surface area contributed by atoms with Gasteiger partial charge in [-0.1, -0.05) is 0 Å². The monoisotopic (exact) mass is 329 g/mol. The summed E-state index contributed by atoms with van der Waals surface area (Å²) in [6.45, 7) is 3.67. The second-order valence-corrected chi connectivity index (χ2v) is 5.56. The molecule has 0 aliphatic rings. The van der Waals surface area contributed by atoms with Crippen molar-refractivity contribution in [3.05, 3.63) is 58.0 Å². The summed E-state index contributed by atoms with van der Waals surface area (Å²) in [6.07, 6.45) is 1.32. The van der Waals surface area contributed by atoms with Crippen LogP contribution in [0.3, 0.4) is 0 Å². The number of carbonyl (C=O) groups excluding carboxylic acids is 2. The molecule has 1 heterocycles. The van der Waals surface area contributed by atoms with Crippen LogP contribution in [0.15, 0.2) is 41.3 Å². The summed E-state index contributed by atoms with van der Waals surface area (Å²) in [5.74, 6) is -0.694. The standard InChI is InChI=1S/C17H19N3O4/c1-10(2)24-14-6-5-12(8-13(14)16(18)22)19-17(23)11-4-7-15(21)20(3)9-11/h4-10H,1-3H3,(H2,18,22)(H,19,23). The third-order valence-corrected chi connectivity index (χ3v) is 3.21. The van der Waals surface area contributed by atoms with Crippen molar-refractivity contribution < 1.29 is 14.3 Å². The second kappa shape index (κ2) is 6.99. The number of anilines is 1. The molecule has 1 aromatic heterocycles. The van der Waals surface area contributed by atoms with E-state index in [2.05, 4.69) is 5.32 Å². The lowest BCUT2D eigenvalue weighted by molar-refractivity contribution is 0.0990. The number of benzene rings is 1. The van der Waals surface area contributed by atoms with E-state index < -0.39 is 11.8 Å². The average molecular weight is 329 g/mol. The van der Waals surface area contributed by atoms with Crippen LogP contribution in [0.5, 0.6) is 5.75 Å². The Kier molecular flexibility index (Phi) is 5.03. The van der Waals surface area contributed by atoms with E-state index in [4.69, 9.17) is 10.5 Å². The second-order valence-electron chi connectivity index (χ2n) is 5.56. The molecule has 24 heavy (non-hydrogen) atoms. The molecule has 0 saturated carbocycles. The van der Waals surface area contributed by atoms with Gasteiger partial charge in [0, 0.05) is 25.0 Å². The van der Waals surface area contributed by atoms with E-state index in [1.54, 1.807) is 19.2 Å². The van der Waals surface area contributed by atoms with Crippen molar-refractivity contribution in [3.63, 3.8) is 0 Å². The first-order valence-electron chi connectivity index (χ1n) is 7.36. The van der Waals surface area contributed by atoms with Crippen LogP contribution in [0.4, 0.5) is 5.69 Å². The molecule has 0 aliphatic heterocycles. The highest BCUT2D eigenvalue weighted by atomic mass is 16.5. The Balaban J connectivity index is 2.27. The minimum Gasteiger partial charge on any atom is -0.490 e. The number of nitrogens with zero attached hydrogens (tertiary/aromatic N) is 1. The van der Waals surface area contributed by atoms with E-state index in [9.17, 15) is 14.4 Å². The van der Waals surface area contributed by atoms with Crippen LogP contribution in [-0.4, -0.2) is 22.5 Å². The Bertz CT molecular complexity index is 840. The number of hydrogen-bond acceptors (Lipinski definition) is 4. The van der Waals surface area contributed by atoms with Crippen LogP contribution in [0.25, 0.3) is 0 Å². The van der Waals surface area contributed by atoms with Gasteiger partial charge in [0.1, 0.15) is 5.75 Å². The van der Waals surface area contributed by atoms with Gasteiger partial charge in [-0.25, -0.2) is 0 Å². The predicted molar refractivity (Wildman–Crippen MR) is 90.4 cm³/mol. The number of hydrogen-bond donors (Lipinski definition) is 2. The fraction of sp³-hybridized carbons (Fsp3) is 0.235. The normalized spacial score (nSPS) is 10.5. The zero-order chi connectivity index (χ0) is 17.9. The molecule has 2 amide bonds. The molecule has 0 bridgehead atoms. The van der Waals surface area contributed by atoms with Crippen molar-refractivity contribution in [2.24, 2.45) is 12.8 Å². The Morgan fingerprint density at radius 1 is 1.21 bits per heavy atom. The van der Waals surface area contributed by atoms with Crippen LogP contribution in [-0.2, 0) is 7.05 Å². The lowest BCUT2D eigenvalue weighted by Gasteiger charge is -2.14. The quantitative estimate of drug-likeness (QED) is 0.868. The molecule has 1 aromatic carbocycles. The molecule has 0 fully saturated rings. The average Bonchev–Trinajstić information content (AvgIpc) is 2.50. The topological polar surface area (TPSA) is 103 Å². The number of nitrogens with one attached hydrogen (secondary N) is 1. The number of carbonyl (C=O) groups is 2. The molecule has 3 N–H and O–H groups in total. The zero-order valence-corrected chi connectivity index (χ0v) is 13.7. The highest BCUT2D eigenvalue weighted by Crippen LogP contribution is 2.24. The molecule has 2 rings (SSSR count). The fourth-order valence-corrected chi connectivity index (χ4v) is 2.09. The number of pyridine rings is 1. The molecule has 0 saturated heterocycles. The van der Waals surface area contributed by atoms with Gasteiger partial charge in [-0.3, -0.25) is 14.4 Å². The Hall–Kier alpha value is -3.09. The summed E-state index contributed by atoms with van der Waals surface area (Å²) in [4.78, 5) is 35.2. The minimum atomic E-state index is -0.649. The van der Waals surface area contributed by atoms with Crippen molar-refractivity contribution >= 4 is 17.5 Å². The number of ether oxygens (including phenoxy) is 1. The molecular formula is C17H19N3O4. The molecule has 7 heteroatoms. The summed E-state index contributed by atoms with van der Waals surface area (Å²) < 4.78 is 6.84. The number of aryl methyl sites for hydroxylation is 1. The van der Waals surface area contributed by atoms with E-state index in [1.165, 1.54) is 29.0 Å².